The van der Waals surface area contributed by atoms with Crippen LogP contribution in [0.5, 0.6) is 0 Å². The molecule has 0 radical (unpaired) electrons. The maximum absolute atomic E-state index is 6.28. The number of hydrogen-bond acceptors (Lipinski definition) is 2. The first kappa shape index (κ1) is 14.5. The van der Waals surface area contributed by atoms with E-state index in [0.717, 1.165) is 23.6 Å². The monoisotopic (exact) mass is 255 g/mol. The summed E-state index contributed by atoms with van der Waals surface area (Å²) in [7, 11) is 1.75. The highest BCUT2D eigenvalue weighted by Gasteiger charge is 2.34. The van der Waals surface area contributed by atoms with Crippen LogP contribution in [0.2, 0.25) is 5.02 Å². The number of rotatable bonds is 6. The maximum atomic E-state index is 6.28. The lowest BCUT2D eigenvalue weighted by Crippen LogP contribution is -2.43. The van der Waals surface area contributed by atoms with Gasteiger partial charge in [-0.15, -0.1) is 0 Å². The molecule has 3 heteroatoms. The van der Waals surface area contributed by atoms with Crippen LogP contribution in [0.4, 0.5) is 0 Å². The predicted octanol–water partition coefficient (Wildman–Crippen LogP) is 3.81. The van der Waals surface area contributed by atoms with Crippen molar-refractivity contribution < 1.29 is 4.74 Å². The lowest BCUT2D eigenvalue weighted by molar-refractivity contribution is -0.0295. The second-order valence-corrected chi connectivity index (χ2v) is 4.79. The third-order valence-electron chi connectivity index (χ3n) is 3.40. The van der Waals surface area contributed by atoms with Crippen LogP contribution in [0.3, 0.4) is 0 Å². The highest BCUT2D eigenvalue weighted by molar-refractivity contribution is 6.31. The highest BCUT2D eigenvalue weighted by Crippen LogP contribution is 2.34. The molecule has 0 aliphatic heterocycles. The van der Waals surface area contributed by atoms with E-state index < -0.39 is 0 Å². The van der Waals surface area contributed by atoms with Gasteiger partial charge in [0.2, 0.25) is 0 Å². The Morgan fingerprint density at radius 3 is 2.47 bits per heavy atom. The molecule has 0 bridgehead atoms. The molecule has 96 valence electrons. The summed E-state index contributed by atoms with van der Waals surface area (Å²) in [4.78, 5) is 0. The molecule has 1 N–H and O–H groups in total. The lowest BCUT2D eigenvalue weighted by Gasteiger charge is -2.37. The summed E-state index contributed by atoms with van der Waals surface area (Å²) in [5.41, 5.74) is 0.850. The lowest BCUT2D eigenvalue weighted by atomic mass is 9.87. The van der Waals surface area contributed by atoms with Crippen LogP contribution < -0.4 is 5.32 Å². The van der Waals surface area contributed by atoms with Gasteiger partial charge in [0.1, 0.15) is 0 Å². The summed E-state index contributed by atoms with van der Waals surface area (Å²) in [6.07, 6.45) is 0.923. The summed E-state index contributed by atoms with van der Waals surface area (Å²) >= 11 is 6.28. The van der Waals surface area contributed by atoms with E-state index in [4.69, 9.17) is 16.3 Å². The summed E-state index contributed by atoms with van der Waals surface area (Å²) in [6, 6.07) is 8.05. The zero-order valence-electron chi connectivity index (χ0n) is 11.1. The molecular weight excluding hydrogens is 234 g/mol. The molecule has 0 aliphatic carbocycles. The third-order valence-corrected chi connectivity index (χ3v) is 3.75. The summed E-state index contributed by atoms with van der Waals surface area (Å²) in [6.45, 7) is 7.22. The number of ether oxygens (including phenoxy) is 1. The fraction of sp³-hybridized carbons (Fsp3) is 0.571. The molecule has 1 aromatic rings. The molecule has 0 heterocycles. The third kappa shape index (κ3) is 3.21. The van der Waals surface area contributed by atoms with E-state index in [-0.39, 0.29) is 11.6 Å². The molecular formula is C14H22ClNO. The highest BCUT2D eigenvalue weighted by atomic mass is 35.5. The van der Waals surface area contributed by atoms with Gasteiger partial charge in [-0.3, -0.25) is 0 Å². The summed E-state index contributed by atoms with van der Waals surface area (Å²) < 4.78 is 5.69. The Morgan fingerprint density at radius 1 is 1.35 bits per heavy atom. The Morgan fingerprint density at radius 2 is 2.00 bits per heavy atom. The molecule has 0 spiro atoms. The van der Waals surface area contributed by atoms with E-state index >= 15 is 0 Å². The normalized spacial score (nSPS) is 16.5. The standard InChI is InChI=1S/C14H22ClNO/c1-5-14(3,17-4)13(16-6-2)11-9-7-8-10-12(11)15/h7-10,13,16H,5-6H2,1-4H3. The van der Waals surface area contributed by atoms with Crippen LogP contribution in [0.15, 0.2) is 24.3 Å². The van der Waals surface area contributed by atoms with Crippen molar-refractivity contribution in [1.82, 2.24) is 5.32 Å². The number of hydrogen-bond donors (Lipinski definition) is 1. The quantitative estimate of drug-likeness (QED) is 0.835. The van der Waals surface area contributed by atoms with Crippen molar-refractivity contribution in [2.75, 3.05) is 13.7 Å². The fourth-order valence-corrected chi connectivity index (χ4v) is 2.28. The van der Waals surface area contributed by atoms with Gasteiger partial charge in [0, 0.05) is 12.1 Å². The predicted molar refractivity (Wildman–Crippen MR) is 73.6 cm³/mol. The van der Waals surface area contributed by atoms with E-state index in [0.29, 0.717) is 0 Å². The van der Waals surface area contributed by atoms with Crippen LogP contribution in [0, 0.1) is 0 Å². The average Bonchev–Trinajstić information content (AvgIpc) is 2.36. The summed E-state index contributed by atoms with van der Waals surface area (Å²) in [5.74, 6) is 0. The van der Waals surface area contributed by atoms with E-state index in [1.807, 2.05) is 18.2 Å². The molecule has 0 saturated heterocycles. The smallest absolute Gasteiger partial charge is 0.0842 e. The second kappa shape index (κ2) is 6.39. The van der Waals surface area contributed by atoms with Gasteiger partial charge in [-0.1, -0.05) is 43.6 Å². The van der Waals surface area contributed by atoms with Crippen molar-refractivity contribution in [3.8, 4) is 0 Å². The fourth-order valence-electron chi connectivity index (χ4n) is 2.03. The van der Waals surface area contributed by atoms with Gasteiger partial charge in [0.25, 0.3) is 0 Å². The summed E-state index contributed by atoms with van der Waals surface area (Å²) in [5, 5.41) is 4.26. The molecule has 2 unspecified atom stereocenters. The van der Waals surface area contributed by atoms with Crippen LogP contribution in [0.1, 0.15) is 38.8 Å². The van der Waals surface area contributed by atoms with Crippen molar-refractivity contribution in [3.63, 3.8) is 0 Å². The van der Waals surface area contributed by atoms with Crippen LogP contribution >= 0.6 is 11.6 Å². The Hall–Kier alpha value is -0.570. The maximum Gasteiger partial charge on any atom is 0.0842 e. The van der Waals surface area contributed by atoms with Gasteiger partial charge in [-0.2, -0.15) is 0 Å². The molecule has 0 amide bonds. The Balaban J connectivity index is 3.13. The van der Waals surface area contributed by atoms with E-state index in [2.05, 4.69) is 32.2 Å². The van der Waals surface area contributed by atoms with Gasteiger partial charge < -0.3 is 10.1 Å². The van der Waals surface area contributed by atoms with Crippen molar-refractivity contribution in [3.05, 3.63) is 34.9 Å². The van der Waals surface area contributed by atoms with Gasteiger partial charge >= 0.3 is 0 Å². The number of benzene rings is 1. The molecule has 0 fully saturated rings. The second-order valence-electron chi connectivity index (χ2n) is 4.38. The molecule has 17 heavy (non-hydrogen) atoms. The van der Waals surface area contributed by atoms with Crippen molar-refractivity contribution in [1.29, 1.82) is 0 Å². The van der Waals surface area contributed by atoms with Gasteiger partial charge in [-0.25, -0.2) is 0 Å². The molecule has 0 saturated carbocycles. The Kier molecular flexibility index (Phi) is 5.44. The molecule has 2 atom stereocenters. The minimum Gasteiger partial charge on any atom is -0.377 e. The van der Waals surface area contributed by atoms with Crippen LogP contribution in [0.25, 0.3) is 0 Å². The molecule has 1 rings (SSSR count). The van der Waals surface area contributed by atoms with E-state index in [1.54, 1.807) is 7.11 Å². The number of methoxy groups -OCH3 is 1. The van der Waals surface area contributed by atoms with Gasteiger partial charge in [0.15, 0.2) is 0 Å². The first-order valence-electron chi connectivity index (χ1n) is 6.12. The minimum atomic E-state index is -0.249. The molecule has 0 aromatic heterocycles. The topological polar surface area (TPSA) is 21.3 Å². The zero-order chi connectivity index (χ0) is 12.9. The number of halogens is 1. The number of likely N-dealkylation sites (N-methyl/N-ethyl adjacent to an activating group) is 1. The largest absolute Gasteiger partial charge is 0.377 e. The molecule has 2 nitrogen and oxygen atoms in total. The van der Waals surface area contributed by atoms with Gasteiger partial charge in [-0.05, 0) is 31.5 Å². The number of nitrogens with one attached hydrogen (secondary N) is 1. The van der Waals surface area contributed by atoms with Crippen LogP contribution in [-0.4, -0.2) is 19.3 Å². The first-order chi connectivity index (χ1) is 8.09. The van der Waals surface area contributed by atoms with Crippen molar-refractivity contribution >= 4 is 11.6 Å². The van der Waals surface area contributed by atoms with Crippen LogP contribution in [-0.2, 0) is 4.74 Å². The van der Waals surface area contributed by atoms with Gasteiger partial charge in [0.05, 0.1) is 11.6 Å². The average molecular weight is 256 g/mol. The van der Waals surface area contributed by atoms with Crippen molar-refractivity contribution in [2.45, 2.75) is 38.8 Å². The van der Waals surface area contributed by atoms with Crippen molar-refractivity contribution in [2.24, 2.45) is 0 Å². The first-order valence-corrected chi connectivity index (χ1v) is 6.49. The van der Waals surface area contributed by atoms with E-state index in [9.17, 15) is 0 Å². The molecule has 0 aliphatic rings. The Labute approximate surface area is 109 Å². The Bertz CT molecular complexity index is 350. The molecule has 1 aromatic carbocycles. The zero-order valence-corrected chi connectivity index (χ0v) is 11.8. The van der Waals surface area contributed by atoms with E-state index in [1.165, 1.54) is 0 Å². The SMILES string of the molecule is CCNC(c1ccccc1Cl)C(C)(CC)OC. The minimum absolute atomic E-state index is 0.108.